The van der Waals surface area contributed by atoms with E-state index >= 15 is 0 Å². The smallest absolute Gasteiger partial charge is 0.328 e. The van der Waals surface area contributed by atoms with Crippen LogP contribution in [0.25, 0.3) is 33.7 Å². The number of carbonyl (C=O) groups is 3. The van der Waals surface area contributed by atoms with Crippen molar-refractivity contribution in [3.05, 3.63) is 95.5 Å². The van der Waals surface area contributed by atoms with Gasteiger partial charge in [0, 0.05) is 86.5 Å². The molecule has 16 nitrogen and oxygen atoms in total. The summed E-state index contributed by atoms with van der Waals surface area (Å²) in [6, 6.07) is 18.1. The van der Waals surface area contributed by atoms with Gasteiger partial charge in [0.05, 0.1) is 35.0 Å². The Balaban J connectivity index is 0.718. The third-order valence-corrected chi connectivity index (χ3v) is 13.7. The Bertz CT molecular complexity index is 2730. The van der Waals surface area contributed by atoms with Crippen LogP contribution < -0.4 is 25.3 Å². The van der Waals surface area contributed by atoms with Gasteiger partial charge in [-0.2, -0.15) is 4.98 Å². The van der Waals surface area contributed by atoms with Gasteiger partial charge < -0.3 is 24.6 Å². The van der Waals surface area contributed by atoms with Gasteiger partial charge in [0.25, 0.3) is 11.7 Å². The van der Waals surface area contributed by atoms with Gasteiger partial charge in [0.1, 0.15) is 12.0 Å². The fourth-order valence-corrected chi connectivity index (χ4v) is 9.51. The van der Waals surface area contributed by atoms with E-state index in [4.69, 9.17) is 14.5 Å². The van der Waals surface area contributed by atoms with Gasteiger partial charge in [0.15, 0.2) is 0 Å². The number of aromatic nitrogens is 6. The number of anilines is 3. The number of benzene rings is 2. The molecule has 3 saturated heterocycles. The maximum Gasteiger partial charge on any atom is 0.328 e. The summed E-state index contributed by atoms with van der Waals surface area (Å²) in [7, 11) is 0. The number of fused-ring (bicyclic) bond motifs is 1. The van der Waals surface area contributed by atoms with Crippen molar-refractivity contribution in [2.75, 3.05) is 67.1 Å². The van der Waals surface area contributed by atoms with Gasteiger partial charge in [-0.05, 0) is 112 Å². The highest BCUT2D eigenvalue weighted by Gasteiger charge is 2.45. The molecule has 4 aromatic heterocycles. The minimum absolute atomic E-state index is 0.0589. The molecule has 3 N–H and O–H groups in total. The number of pyridine rings is 1. The summed E-state index contributed by atoms with van der Waals surface area (Å²) < 4.78 is 5.38. The Kier molecular flexibility index (Phi) is 10.8. The summed E-state index contributed by atoms with van der Waals surface area (Å²) in [6.45, 7) is 15.6. The largest absolute Gasteiger partial charge is 0.372 e. The number of nitrogens with zero attached hydrogens (tertiary/aromatic N) is 9. The molecule has 1 unspecified atom stereocenters. The van der Waals surface area contributed by atoms with Crippen LogP contribution in [0.3, 0.4) is 0 Å². The SMILES string of the molecule is Cc1cc(-c2ncnc3[nH]c(-c4ccc(N5CCN(CC6CCN(c7ccc(N8CCC(=O)NC8=O)c(C)c7)CC6)CC5)cn4)cc23)ccc1C(C)NC(=O)c1noc(C2(C)CC2)n1. The fraction of sp³-hybridized carbons (Fsp3) is 0.417. The third kappa shape index (κ3) is 8.29. The number of hydrogen-bond donors (Lipinski definition) is 3. The predicted octanol–water partition coefficient (Wildman–Crippen LogP) is 6.71. The first-order valence-electron chi connectivity index (χ1n) is 22.5. The number of piperidine rings is 1. The Morgan fingerprint density at radius 1 is 0.891 bits per heavy atom. The molecular weight excluding hydrogens is 809 g/mol. The third-order valence-electron chi connectivity index (χ3n) is 13.7. The van der Waals surface area contributed by atoms with Crippen LogP contribution in [0.2, 0.25) is 0 Å². The van der Waals surface area contributed by atoms with Crippen molar-refractivity contribution < 1.29 is 18.9 Å². The Hall–Kier alpha value is -6.68. The average molecular weight is 863 g/mol. The number of aryl methyl sites for hydroxylation is 2. The van der Waals surface area contributed by atoms with Crippen LogP contribution in [0.4, 0.5) is 21.9 Å². The molecule has 0 spiro atoms. The van der Waals surface area contributed by atoms with Crippen molar-refractivity contribution in [2.45, 2.75) is 71.3 Å². The van der Waals surface area contributed by atoms with Gasteiger partial charge in [-0.15, -0.1) is 0 Å². The molecule has 330 valence electrons. The quantitative estimate of drug-likeness (QED) is 0.125. The van der Waals surface area contributed by atoms with Crippen LogP contribution in [0.1, 0.15) is 85.2 Å². The second-order valence-corrected chi connectivity index (χ2v) is 18.3. The van der Waals surface area contributed by atoms with Gasteiger partial charge in [-0.1, -0.05) is 24.2 Å². The minimum Gasteiger partial charge on any atom is -0.372 e. The monoisotopic (exact) mass is 862 g/mol. The topological polar surface area (TPSA) is 182 Å². The highest BCUT2D eigenvalue weighted by atomic mass is 16.5. The lowest BCUT2D eigenvalue weighted by Gasteiger charge is -2.40. The van der Waals surface area contributed by atoms with Crippen LogP contribution in [0, 0.1) is 19.8 Å². The minimum atomic E-state index is -0.360. The lowest BCUT2D eigenvalue weighted by atomic mass is 9.95. The maximum absolute atomic E-state index is 13.0. The molecule has 64 heavy (non-hydrogen) atoms. The standard InChI is InChI=1S/C48H54N12O4/c1-29-23-33(5-8-36(29)31(3)52-45(62)44-55-46(64-56-44)48(4)14-15-48)42-37-25-39(53-43(37)51-28-50-42)38-9-6-35(26-49-38)59-21-19-57(20-22-59)27-32-11-16-58(17-12-32)34-7-10-40(30(2)24-34)60-18-13-41(61)54-47(60)63/h5-10,23-26,28,31-32H,11-22,27H2,1-4H3,(H,52,62)(H,50,51,53)(H,54,61,63). The summed E-state index contributed by atoms with van der Waals surface area (Å²) >= 11 is 0. The number of piperazine rings is 1. The molecule has 4 amide bonds. The van der Waals surface area contributed by atoms with Gasteiger partial charge in [-0.3, -0.25) is 29.7 Å². The molecule has 1 atom stereocenters. The van der Waals surface area contributed by atoms with Crippen molar-refractivity contribution in [3.8, 4) is 22.6 Å². The van der Waals surface area contributed by atoms with Crippen molar-refractivity contribution >= 4 is 45.9 Å². The molecule has 4 fully saturated rings. The first kappa shape index (κ1) is 41.3. The molecule has 3 aliphatic heterocycles. The van der Waals surface area contributed by atoms with E-state index in [0.717, 1.165) is 133 Å². The molecule has 0 radical (unpaired) electrons. The first-order chi connectivity index (χ1) is 31.0. The molecule has 0 bridgehead atoms. The van der Waals surface area contributed by atoms with Gasteiger partial charge >= 0.3 is 6.03 Å². The molecule has 1 saturated carbocycles. The van der Waals surface area contributed by atoms with Gasteiger partial charge in [0.2, 0.25) is 11.8 Å². The second-order valence-electron chi connectivity index (χ2n) is 18.3. The normalized spacial score (nSPS) is 18.7. The van der Waals surface area contributed by atoms with E-state index in [1.54, 1.807) is 11.2 Å². The molecule has 6 aromatic rings. The number of carbonyl (C=O) groups excluding carboxylic acids is 3. The predicted molar refractivity (Wildman–Crippen MR) is 244 cm³/mol. The average Bonchev–Trinajstić information content (AvgIpc) is 3.63. The van der Waals surface area contributed by atoms with Crippen molar-refractivity contribution in [2.24, 2.45) is 5.92 Å². The summed E-state index contributed by atoms with van der Waals surface area (Å²) in [5.74, 6) is 0.675. The number of H-pyrrole nitrogens is 1. The molecule has 4 aliphatic rings. The fourth-order valence-electron chi connectivity index (χ4n) is 9.51. The second kappa shape index (κ2) is 16.8. The van der Waals surface area contributed by atoms with Crippen LogP contribution in [0.5, 0.6) is 0 Å². The van der Waals surface area contributed by atoms with Crippen molar-refractivity contribution in [1.82, 2.24) is 45.6 Å². The van der Waals surface area contributed by atoms with Crippen molar-refractivity contribution in [1.29, 1.82) is 0 Å². The van der Waals surface area contributed by atoms with E-state index < -0.39 is 0 Å². The summed E-state index contributed by atoms with van der Waals surface area (Å²) in [5, 5.41) is 10.3. The maximum atomic E-state index is 13.0. The van der Waals surface area contributed by atoms with Crippen LogP contribution in [-0.2, 0) is 10.2 Å². The van der Waals surface area contributed by atoms with E-state index in [0.29, 0.717) is 24.8 Å². The van der Waals surface area contributed by atoms with Crippen molar-refractivity contribution in [3.63, 3.8) is 0 Å². The number of nitrogens with one attached hydrogen (secondary N) is 3. The van der Waals surface area contributed by atoms with E-state index in [9.17, 15) is 14.4 Å². The molecule has 10 rings (SSSR count). The van der Waals surface area contributed by atoms with E-state index in [-0.39, 0.29) is 35.1 Å². The number of rotatable bonds is 11. The Labute approximate surface area is 371 Å². The summed E-state index contributed by atoms with van der Waals surface area (Å²) in [6.07, 6.45) is 8.16. The number of amides is 4. The lowest BCUT2D eigenvalue weighted by Crippen LogP contribution is -2.49. The zero-order chi connectivity index (χ0) is 44.1. The highest BCUT2D eigenvalue weighted by Crippen LogP contribution is 2.46. The van der Waals surface area contributed by atoms with E-state index in [1.165, 1.54) is 5.69 Å². The first-order valence-corrected chi connectivity index (χ1v) is 22.5. The molecule has 1 aliphatic carbocycles. The molecule has 16 heteroatoms. The van der Waals surface area contributed by atoms with E-state index in [2.05, 4.69) is 88.8 Å². The molecule has 2 aromatic carbocycles. The summed E-state index contributed by atoms with van der Waals surface area (Å²) in [5.41, 5.74) is 10.4. The summed E-state index contributed by atoms with van der Waals surface area (Å²) in [4.78, 5) is 68.1. The van der Waals surface area contributed by atoms with E-state index in [1.807, 2.05) is 45.2 Å². The zero-order valence-electron chi connectivity index (χ0n) is 36.9. The number of aromatic amines is 1. The highest BCUT2D eigenvalue weighted by molar-refractivity contribution is 6.06. The van der Waals surface area contributed by atoms with Crippen LogP contribution in [0.15, 0.2) is 71.6 Å². The van der Waals surface area contributed by atoms with Crippen LogP contribution >= 0.6 is 0 Å². The van der Waals surface area contributed by atoms with Gasteiger partial charge in [-0.25, -0.2) is 14.8 Å². The Morgan fingerprint density at radius 3 is 2.39 bits per heavy atom. The number of imide groups is 1. The molecular formula is C48H54N12O4. The number of hydrogen-bond acceptors (Lipinski definition) is 12. The van der Waals surface area contributed by atoms with Crippen LogP contribution in [-0.4, -0.2) is 105 Å². The zero-order valence-corrected chi connectivity index (χ0v) is 36.9. The number of urea groups is 1. The Morgan fingerprint density at radius 2 is 1.67 bits per heavy atom. The lowest BCUT2D eigenvalue weighted by molar-refractivity contribution is -0.120. The molecule has 7 heterocycles.